The Morgan fingerprint density at radius 2 is 1.88 bits per heavy atom. The number of likely N-dealkylation sites (tertiary alicyclic amines) is 1. The van der Waals surface area contributed by atoms with Gasteiger partial charge in [0, 0.05) is 13.1 Å². The van der Waals surface area contributed by atoms with E-state index in [1.54, 1.807) is 15.8 Å². The van der Waals surface area contributed by atoms with Gasteiger partial charge in [-0.15, -0.1) is 5.10 Å². The summed E-state index contributed by atoms with van der Waals surface area (Å²) in [5.74, 6) is 1.75. The first-order valence-electron chi connectivity index (χ1n) is 11.2. The third-order valence-electron chi connectivity index (χ3n) is 5.68. The second-order valence-electron chi connectivity index (χ2n) is 8.39. The number of aryl methyl sites for hydroxylation is 1. The molecule has 1 aliphatic rings. The number of piperidine rings is 1. The lowest BCUT2D eigenvalue weighted by Crippen LogP contribution is -2.40. The first-order valence-corrected chi connectivity index (χ1v) is 11.2. The van der Waals surface area contributed by atoms with Crippen molar-refractivity contribution in [1.82, 2.24) is 44.9 Å². The van der Waals surface area contributed by atoms with E-state index in [0.717, 1.165) is 23.9 Å². The summed E-state index contributed by atoms with van der Waals surface area (Å²) in [5.41, 5.74) is 1.54. The first kappa shape index (κ1) is 21.7. The topological polar surface area (TPSA) is 126 Å². The second-order valence-corrected chi connectivity index (χ2v) is 8.39. The maximum Gasteiger partial charge on any atom is 0.410 e. The van der Waals surface area contributed by atoms with E-state index in [1.807, 2.05) is 49.7 Å². The molecule has 1 fully saturated rings. The average molecular weight is 464 g/mol. The molecule has 4 aromatic rings. The summed E-state index contributed by atoms with van der Waals surface area (Å²) in [4.78, 5) is 22.7. The van der Waals surface area contributed by atoms with Gasteiger partial charge in [-0.05, 0) is 68.3 Å². The van der Waals surface area contributed by atoms with Crippen LogP contribution in [0.4, 0.5) is 4.79 Å². The predicted octanol–water partition coefficient (Wildman–Crippen LogP) is 3.08. The number of rotatable bonds is 5. The van der Waals surface area contributed by atoms with Gasteiger partial charge in [0.1, 0.15) is 17.5 Å². The van der Waals surface area contributed by atoms with Crippen molar-refractivity contribution in [2.45, 2.75) is 45.8 Å². The van der Waals surface area contributed by atoms with E-state index in [0.29, 0.717) is 36.2 Å². The minimum Gasteiger partial charge on any atom is -0.447 e. The van der Waals surface area contributed by atoms with Crippen molar-refractivity contribution >= 4 is 17.1 Å². The Labute approximate surface area is 195 Å². The Kier molecular flexibility index (Phi) is 5.78. The van der Waals surface area contributed by atoms with Gasteiger partial charge in [-0.3, -0.25) is 0 Å². The maximum absolute atomic E-state index is 12.2. The van der Waals surface area contributed by atoms with Crippen LogP contribution in [0.2, 0.25) is 0 Å². The fourth-order valence-electron chi connectivity index (χ4n) is 4.00. The van der Waals surface area contributed by atoms with Crippen LogP contribution in [0.5, 0.6) is 11.6 Å². The molecule has 0 saturated carbocycles. The largest absolute Gasteiger partial charge is 0.447 e. The Bertz CT molecular complexity index is 1290. The zero-order valence-electron chi connectivity index (χ0n) is 19.2. The van der Waals surface area contributed by atoms with E-state index in [9.17, 15) is 4.79 Å². The molecule has 0 radical (unpaired) electrons. The van der Waals surface area contributed by atoms with E-state index < -0.39 is 0 Å². The van der Waals surface area contributed by atoms with Gasteiger partial charge in [-0.25, -0.2) is 19.4 Å². The smallest absolute Gasteiger partial charge is 0.410 e. The molecule has 34 heavy (non-hydrogen) atoms. The summed E-state index contributed by atoms with van der Waals surface area (Å²) in [6, 6.07) is 7.54. The Balaban J connectivity index is 1.30. The summed E-state index contributed by atoms with van der Waals surface area (Å²) in [5, 5.41) is 16.8. The van der Waals surface area contributed by atoms with Crippen LogP contribution in [0.3, 0.4) is 0 Å². The van der Waals surface area contributed by atoms with Gasteiger partial charge in [-0.2, -0.15) is 9.78 Å². The van der Waals surface area contributed by atoms with Gasteiger partial charge in [0.2, 0.25) is 5.88 Å². The maximum atomic E-state index is 12.2. The molecule has 5 rings (SSSR count). The van der Waals surface area contributed by atoms with Gasteiger partial charge in [0.25, 0.3) is 0 Å². The molecule has 0 bridgehead atoms. The molecule has 0 unspecified atom stereocenters. The predicted molar refractivity (Wildman–Crippen MR) is 121 cm³/mol. The highest BCUT2D eigenvalue weighted by Gasteiger charge is 2.27. The van der Waals surface area contributed by atoms with E-state index >= 15 is 0 Å². The highest BCUT2D eigenvalue weighted by molar-refractivity contribution is 5.80. The number of amides is 1. The molecule has 12 nitrogen and oxygen atoms in total. The minimum atomic E-state index is -0.266. The standard InChI is InChI=1S/C22H25N9O3/c1-14(2)33-22(32)29-10-8-17(9-11-29)31-20-19(12-25-31)21(24-13-23-20)34-18-6-4-16(5-7-18)30-15(3)26-27-28-30/h4-7,12-14,17H,8-11H2,1-3H3. The molecule has 12 heteroatoms. The number of carbonyl (C=O) groups is 1. The van der Waals surface area contributed by atoms with E-state index in [-0.39, 0.29) is 18.2 Å². The zero-order valence-corrected chi connectivity index (χ0v) is 19.2. The van der Waals surface area contributed by atoms with Crippen molar-refractivity contribution in [1.29, 1.82) is 0 Å². The van der Waals surface area contributed by atoms with Crippen molar-refractivity contribution in [3.05, 3.63) is 42.6 Å². The fourth-order valence-corrected chi connectivity index (χ4v) is 4.00. The van der Waals surface area contributed by atoms with E-state index in [4.69, 9.17) is 9.47 Å². The third-order valence-corrected chi connectivity index (χ3v) is 5.68. The number of carbonyl (C=O) groups excluding carboxylic acids is 1. The number of benzene rings is 1. The molecule has 0 aliphatic carbocycles. The van der Waals surface area contributed by atoms with Crippen LogP contribution in [-0.2, 0) is 4.74 Å². The number of aromatic nitrogens is 8. The number of tetrazole rings is 1. The van der Waals surface area contributed by atoms with Crippen LogP contribution < -0.4 is 4.74 Å². The Morgan fingerprint density at radius 3 is 2.56 bits per heavy atom. The number of ether oxygens (including phenoxy) is 2. The number of hydrogen-bond donors (Lipinski definition) is 0. The SMILES string of the molecule is Cc1nnnn1-c1ccc(Oc2ncnc3c2cnn3C2CCN(C(=O)OC(C)C)CC2)cc1. The molecule has 0 N–H and O–H groups in total. The minimum absolute atomic E-state index is 0.127. The van der Waals surface area contributed by atoms with Crippen molar-refractivity contribution in [3.63, 3.8) is 0 Å². The quantitative estimate of drug-likeness (QED) is 0.439. The van der Waals surface area contributed by atoms with Crippen molar-refractivity contribution in [2.24, 2.45) is 0 Å². The Morgan fingerprint density at radius 1 is 1.12 bits per heavy atom. The van der Waals surface area contributed by atoms with Crippen LogP contribution in [0.25, 0.3) is 16.7 Å². The summed E-state index contributed by atoms with van der Waals surface area (Å²) < 4.78 is 14.9. The molecule has 1 saturated heterocycles. The van der Waals surface area contributed by atoms with Crippen LogP contribution >= 0.6 is 0 Å². The monoisotopic (exact) mass is 463 g/mol. The van der Waals surface area contributed by atoms with Crippen LogP contribution in [-0.4, -0.2) is 70.1 Å². The van der Waals surface area contributed by atoms with Gasteiger partial charge < -0.3 is 14.4 Å². The average Bonchev–Trinajstić information content (AvgIpc) is 3.46. The van der Waals surface area contributed by atoms with Crippen LogP contribution in [0.1, 0.15) is 38.6 Å². The molecular formula is C22H25N9O3. The van der Waals surface area contributed by atoms with Gasteiger partial charge in [0.15, 0.2) is 11.5 Å². The lowest BCUT2D eigenvalue weighted by atomic mass is 10.1. The van der Waals surface area contributed by atoms with Gasteiger partial charge in [-0.1, -0.05) is 0 Å². The highest BCUT2D eigenvalue weighted by atomic mass is 16.6. The highest BCUT2D eigenvalue weighted by Crippen LogP contribution is 2.31. The second kappa shape index (κ2) is 9.04. The fraction of sp³-hybridized carbons (Fsp3) is 0.409. The lowest BCUT2D eigenvalue weighted by Gasteiger charge is -2.31. The van der Waals surface area contributed by atoms with Gasteiger partial charge in [0.05, 0.1) is 24.0 Å². The zero-order chi connectivity index (χ0) is 23.7. The van der Waals surface area contributed by atoms with Crippen molar-refractivity contribution in [2.75, 3.05) is 13.1 Å². The summed E-state index contributed by atoms with van der Waals surface area (Å²) in [6.07, 6.45) is 4.34. The lowest BCUT2D eigenvalue weighted by molar-refractivity contribution is 0.0656. The summed E-state index contributed by atoms with van der Waals surface area (Å²) in [7, 11) is 0. The molecule has 3 aromatic heterocycles. The molecule has 1 aromatic carbocycles. The van der Waals surface area contributed by atoms with E-state index in [1.165, 1.54) is 6.33 Å². The van der Waals surface area contributed by atoms with Crippen molar-refractivity contribution in [3.8, 4) is 17.3 Å². The molecule has 0 atom stereocenters. The van der Waals surface area contributed by atoms with Gasteiger partial charge >= 0.3 is 6.09 Å². The molecule has 4 heterocycles. The summed E-state index contributed by atoms with van der Waals surface area (Å²) in [6.45, 7) is 6.76. The molecular weight excluding hydrogens is 438 g/mol. The van der Waals surface area contributed by atoms with E-state index in [2.05, 4.69) is 30.6 Å². The van der Waals surface area contributed by atoms with Crippen molar-refractivity contribution < 1.29 is 14.3 Å². The molecule has 1 aliphatic heterocycles. The number of fused-ring (bicyclic) bond motifs is 1. The normalized spacial score (nSPS) is 14.6. The van der Waals surface area contributed by atoms with Crippen LogP contribution in [0.15, 0.2) is 36.8 Å². The summed E-state index contributed by atoms with van der Waals surface area (Å²) >= 11 is 0. The number of nitrogens with zero attached hydrogens (tertiary/aromatic N) is 9. The molecule has 1 amide bonds. The number of hydrogen-bond acceptors (Lipinski definition) is 9. The first-order chi connectivity index (χ1) is 16.5. The van der Waals surface area contributed by atoms with Crippen LogP contribution in [0, 0.1) is 6.92 Å². The third kappa shape index (κ3) is 4.26. The molecule has 0 spiro atoms. The Hall–Kier alpha value is -4.09. The molecule has 176 valence electrons.